The lowest BCUT2D eigenvalue weighted by molar-refractivity contribution is -0.124. The molecule has 3 aromatic rings. The molecule has 0 unspecified atom stereocenters. The van der Waals surface area contributed by atoms with Crippen molar-refractivity contribution in [1.29, 1.82) is 0 Å². The normalized spacial score (nSPS) is 10.3. The molecule has 0 saturated heterocycles. The Morgan fingerprint density at radius 3 is 2.21 bits per heavy atom. The summed E-state index contributed by atoms with van der Waals surface area (Å²) in [5.74, 6) is -1.45. The molecule has 0 fully saturated rings. The third kappa shape index (κ3) is 5.27. The van der Waals surface area contributed by atoms with Crippen molar-refractivity contribution in [3.05, 3.63) is 107 Å². The predicted octanol–water partition coefficient (Wildman–Crippen LogP) is 3.89. The molecule has 0 aliphatic carbocycles. The number of hydrogen-bond acceptors (Lipinski definition) is 3. The molecule has 0 saturated carbocycles. The van der Waals surface area contributed by atoms with E-state index in [0.717, 1.165) is 11.1 Å². The largest absolute Gasteiger partial charge is 0.452 e. The lowest BCUT2D eigenvalue weighted by Gasteiger charge is -2.10. The highest BCUT2D eigenvalue weighted by Gasteiger charge is 2.14. The van der Waals surface area contributed by atoms with E-state index in [2.05, 4.69) is 5.32 Å². The van der Waals surface area contributed by atoms with Crippen LogP contribution in [0.2, 0.25) is 0 Å². The van der Waals surface area contributed by atoms with E-state index in [4.69, 9.17) is 4.74 Å². The topological polar surface area (TPSA) is 55.4 Å². The Bertz CT molecular complexity index is 957. The molecular weight excluding hydrogens is 357 g/mol. The second kappa shape index (κ2) is 9.46. The number of halogens is 1. The molecule has 0 aliphatic heterocycles. The van der Waals surface area contributed by atoms with Crippen LogP contribution in [0.3, 0.4) is 0 Å². The molecule has 4 nitrogen and oxygen atoms in total. The van der Waals surface area contributed by atoms with Crippen LogP contribution >= 0.6 is 0 Å². The number of amides is 1. The summed E-state index contributed by atoms with van der Waals surface area (Å²) in [7, 11) is 0. The minimum absolute atomic E-state index is 0.0354. The summed E-state index contributed by atoms with van der Waals surface area (Å²) in [4.78, 5) is 24.4. The summed E-state index contributed by atoms with van der Waals surface area (Å²) >= 11 is 0. The van der Waals surface area contributed by atoms with Crippen molar-refractivity contribution in [3.63, 3.8) is 0 Å². The number of rotatable bonds is 7. The first kappa shape index (κ1) is 19.3. The van der Waals surface area contributed by atoms with Crippen LogP contribution in [0, 0.1) is 5.82 Å². The molecule has 1 amide bonds. The van der Waals surface area contributed by atoms with E-state index in [9.17, 15) is 14.0 Å². The van der Waals surface area contributed by atoms with Crippen molar-refractivity contribution in [3.8, 4) is 0 Å². The van der Waals surface area contributed by atoms with Gasteiger partial charge in [0.05, 0.1) is 5.56 Å². The van der Waals surface area contributed by atoms with Gasteiger partial charge >= 0.3 is 5.97 Å². The maximum Gasteiger partial charge on any atom is 0.338 e. The summed E-state index contributed by atoms with van der Waals surface area (Å²) in [5.41, 5.74) is 2.69. The van der Waals surface area contributed by atoms with E-state index >= 15 is 0 Å². The molecule has 0 radical (unpaired) electrons. The number of hydrogen-bond donors (Lipinski definition) is 1. The number of carbonyl (C=O) groups excluding carboxylic acids is 2. The summed E-state index contributed by atoms with van der Waals surface area (Å²) in [6.45, 7) is -0.388. The third-order valence-corrected chi connectivity index (χ3v) is 4.24. The van der Waals surface area contributed by atoms with E-state index in [-0.39, 0.29) is 6.54 Å². The molecule has 0 bridgehead atoms. The molecule has 1 N–H and O–H groups in total. The van der Waals surface area contributed by atoms with Gasteiger partial charge in [0.1, 0.15) is 5.82 Å². The Morgan fingerprint density at radius 2 is 1.46 bits per heavy atom. The van der Waals surface area contributed by atoms with E-state index in [1.165, 1.54) is 6.07 Å². The zero-order chi connectivity index (χ0) is 19.8. The van der Waals surface area contributed by atoms with Crippen molar-refractivity contribution in [2.24, 2.45) is 0 Å². The highest BCUT2D eigenvalue weighted by atomic mass is 19.1. The first-order chi connectivity index (χ1) is 13.6. The van der Waals surface area contributed by atoms with Crippen molar-refractivity contribution in [2.75, 3.05) is 6.61 Å². The van der Waals surface area contributed by atoms with Crippen LogP contribution in [0.15, 0.2) is 78.9 Å². The van der Waals surface area contributed by atoms with Gasteiger partial charge in [0, 0.05) is 12.1 Å². The summed E-state index contributed by atoms with van der Waals surface area (Å²) in [6, 6.07) is 23.1. The number of esters is 1. The fourth-order valence-corrected chi connectivity index (χ4v) is 2.78. The van der Waals surface area contributed by atoms with Gasteiger partial charge in [0.25, 0.3) is 5.91 Å². The molecule has 0 atom stereocenters. The van der Waals surface area contributed by atoms with Crippen LogP contribution in [0.25, 0.3) is 0 Å². The summed E-state index contributed by atoms with van der Waals surface area (Å²) in [6.07, 6.45) is 0.589. The number of ether oxygens (including phenoxy) is 1. The van der Waals surface area contributed by atoms with E-state index in [1.807, 2.05) is 42.5 Å². The molecule has 0 spiro atoms. The third-order valence-electron chi connectivity index (χ3n) is 4.24. The minimum Gasteiger partial charge on any atom is -0.452 e. The van der Waals surface area contributed by atoms with E-state index in [0.29, 0.717) is 17.5 Å². The van der Waals surface area contributed by atoms with Crippen LogP contribution in [0.1, 0.15) is 27.0 Å². The molecule has 0 aliphatic rings. The van der Waals surface area contributed by atoms with E-state index in [1.54, 1.807) is 30.3 Å². The Kier molecular flexibility index (Phi) is 6.52. The van der Waals surface area contributed by atoms with Crippen molar-refractivity contribution in [2.45, 2.75) is 13.0 Å². The Balaban J connectivity index is 1.56. The number of carbonyl (C=O) groups is 2. The van der Waals surface area contributed by atoms with E-state index < -0.39 is 24.3 Å². The van der Waals surface area contributed by atoms with Crippen LogP contribution in [-0.4, -0.2) is 18.5 Å². The maximum absolute atomic E-state index is 13.6. The van der Waals surface area contributed by atoms with Crippen LogP contribution < -0.4 is 5.32 Å². The fraction of sp³-hybridized carbons (Fsp3) is 0.130. The predicted molar refractivity (Wildman–Crippen MR) is 104 cm³/mol. The maximum atomic E-state index is 13.6. The molecule has 142 valence electrons. The van der Waals surface area contributed by atoms with Crippen molar-refractivity contribution < 1.29 is 18.7 Å². The van der Waals surface area contributed by atoms with Gasteiger partial charge in [-0.2, -0.15) is 0 Å². The molecule has 3 rings (SSSR count). The zero-order valence-electron chi connectivity index (χ0n) is 15.2. The van der Waals surface area contributed by atoms with Gasteiger partial charge in [-0.3, -0.25) is 4.79 Å². The fourth-order valence-electron chi connectivity index (χ4n) is 2.78. The van der Waals surface area contributed by atoms with Crippen molar-refractivity contribution in [1.82, 2.24) is 5.32 Å². The van der Waals surface area contributed by atoms with Crippen LogP contribution in [0.4, 0.5) is 4.39 Å². The van der Waals surface area contributed by atoms with Gasteiger partial charge in [-0.1, -0.05) is 66.7 Å². The average molecular weight is 377 g/mol. The highest BCUT2D eigenvalue weighted by Crippen LogP contribution is 2.15. The Labute approximate surface area is 163 Å². The molecule has 28 heavy (non-hydrogen) atoms. The number of benzene rings is 3. The lowest BCUT2D eigenvalue weighted by atomic mass is 10.00. The monoisotopic (exact) mass is 377 g/mol. The van der Waals surface area contributed by atoms with Gasteiger partial charge in [0.2, 0.25) is 0 Å². The Hall–Kier alpha value is -3.47. The standard InChI is InChI=1S/C23H20FNO3/c24-21-13-7-5-11-19(21)15-25-22(26)16-28-23(27)20-12-6-4-10-18(20)14-17-8-2-1-3-9-17/h1-13H,14-16H2,(H,25,26). The molecular formula is C23H20FNO3. The summed E-state index contributed by atoms with van der Waals surface area (Å²) in [5, 5.41) is 2.54. The van der Waals surface area contributed by atoms with Crippen LogP contribution in [0.5, 0.6) is 0 Å². The minimum atomic E-state index is -0.562. The van der Waals surface area contributed by atoms with Gasteiger partial charge in [-0.05, 0) is 29.7 Å². The second-order valence-electron chi connectivity index (χ2n) is 6.26. The second-order valence-corrected chi connectivity index (χ2v) is 6.26. The first-order valence-electron chi connectivity index (χ1n) is 8.92. The van der Waals surface area contributed by atoms with Gasteiger partial charge in [0.15, 0.2) is 6.61 Å². The molecule has 0 aromatic heterocycles. The van der Waals surface area contributed by atoms with Crippen molar-refractivity contribution >= 4 is 11.9 Å². The zero-order valence-corrected chi connectivity index (χ0v) is 15.2. The van der Waals surface area contributed by atoms with Crippen LogP contribution in [-0.2, 0) is 22.5 Å². The molecule has 0 heterocycles. The first-order valence-corrected chi connectivity index (χ1v) is 8.92. The highest BCUT2D eigenvalue weighted by molar-refractivity contribution is 5.92. The SMILES string of the molecule is O=C(COC(=O)c1ccccc1Cc1ccccc1)NCc1ccccc1F. The quantitative estimate of drug-likeness (QED) is 0.636. The number of nitrogens with one attached hydrogen (secondary N) is 1. The van der Waals surface area contributed by atoms with Gasteiger partial charge in [-0.25, -0.2) is 9.18 Å². The smallest absolute Gasteiger partial charge is 0.338 e. The average Bonchev–Trinajstić information content (AvgIpc) is 2.72. The van der Waals surface area contributed by atoms with Gasteiger partial charge < -0.3 is 10.1 Å². The molecule has 3 aromatic carbocycles. The lowest BCUT2D eigenvalue weighted by Crippen LogP contribution is -2.28. The Morgan fingerprint density at radius 1 is 0.821 bits per heavy atom. The van der Waals surface area contributed by atoms with Gasteiger partial charge in [-0.15, -0.1) is 0 Å². The summed E-state index contributed by atoms with van der Waals surface area (Å²) < 4.78 is 18.7. The molecule has 5 heteroatoms.